The van der Waals surface area contributed by atoms with Crippen molar-refractivity contribution in [3.63, 3.8) is 0 Å². The molecule has 3 aromatic rings. The number of anilines is 1. The van der Waals surface area contributed by atoms with Gasteiger partial charge in [-0.15, -0.1) is 10.2 Å². The van der Waals surface area contributed by atoms with Crippen LogP contribution in [0.25, 0.3) is 11.4 Å². The second-order valence-corrected chi connectivity index (χ2v) is 9.70. The lowest BCUT2D eigenvalue weighted by Crippen LogP contribution is -2.15. The van der Waals surface area contributed by atoms with Gasteiger partial charge in [0.25, 0.3) is 0 Å². The third-order valence-electron chi connectivity index (χ3n) is 5.77. The summed E-state index contributed by atoms with van der Waals surface area (Å²) in [7, 11) is 0. The Kier molecular flexibility index (Phi) is 9.82. The molecule has 0 unspecified atom stereocenters. The maximum Gasteiger partial charge on any atom is 0.234 e. The standard InChI is InChI=1S/C26H33ClN4OS/c1-4-5-6-7-8-9-17-31-25(21-13-15-22(27)16-14-21)29-30-26(31)33-18-24(32)28-23-12-10-11-19(2)20(23)3/h10-16H,4-9,17-18H2,1-3H3,(H,28,32). The molecule has 0 aliphatic carbocycles. The number of nitrogens with zero attached hydrogens (tertiary/aromatic N) is 3. The third kappa shape index (κ3) is 7.34. The fourth-order valence-corrected chi connectivity index (χ4v) is 4.55. The summed E-state index contributed by atoms with van der Waals surface area (Å²) < 4.78 is 2.14. The molecular weight excluding hydrogens is 452 g/mol. The monoisotopic (exact) mass is 484 g/mol. The van der Waals surface area contributed by atoms with Crippen molar-refractivity contribution in [2.45, 2.75) is 71.0 Å². The Hall–Kier alpha value is -2.31. The van der Waals surface area contributed by atoms with Gasteiger partial charge in [0.15, 0.2) is 11.0 Å². The SMILES string of the molecule is CCCCCCCCn1c(SCC(=O)Nc2cccc(C)c2C)nnc1-c1ccc(Cl)cc1. The van der Waals surface area contributed by atoms with Crippen molar-refractivity contribution in [3.8, 4) is 11.4 Å². The third-order valence-corrected chi connectivity index (χ3v) is 6.98. The van der Waals surface area contributed by atoms with Crippen LogP contribution in [0.15, 0.2) is 47.6 Å². The molecule has 0 aliphatic heterocycles. The molecule has 0 atom stereocenters. The van der Waals surface area contributed by atoms with E-state index in [0.29, 0.717) is 5.02 Å². The average molecular weight is 485 g/mol. The lowest BCUT2D eigenvalue weighted by atomic mass is 10.1. The summed E-state index contributed by atoms with van der Waals surface area (Å²) in [6.45, 7) is 7.13. The van der Waals surface area contributed by atoms with E-state index in [1.165, 1.54) is 43.9 Å². The average Bonchev–Trinajstić information content (AvgIpc) is 3.21. The van der Waals surface area contributed by atoms with E-state index < -0.39 is 0 Å². The van der Waals surface area contributed by atoms with Crippen LogP contribution in [0.1, 0.15) is 56.6 Å². The minimum absolute atomic E-state index is 0.0455. The number of hydrogen-bond acceptors (Lipinski definition) is 4. The molecule has 0 saturated heterocycles. The Morgan fingerprint density at radius 3 is 2.48 bits per heavy atom. The molecule has 176 valence electrons. The van der Waals surface area contributed by atoms with Crippen molar-refractivity contribution in [1.82, 2.24) is 14.8 Å². The normalized spacial score (nSPS) is 11.0. The van der Waals surface area contributed by atoms with E-state index in [2.05, 4.69) is 27.0 Å². The summed E-state index contributed by atoms with van der Waals surface area (Å²) in [5.41, 5.74) is 4.08. The molecule has 0 radical (unpaired) electrons. The number of amides is 1. The highest BCUT2D eigenvalue weighted by atomic mass is 35.5. The molecule has 7 heteroatoms. The highest BCUT2D eigenvalue weighted by Gasteiger charge is 2.16. The Morgan fingerprint density at radius 2 is 1.73 bits per heavy atom. The van der Waals surface area contributed by atoms with Crippen LogP contribution in [0.4, 0.5) is 5.69 Å². The minimum Gasteiger partial charge on any atom is -0.325 e. The Morgan fingerprint density at radius 1 is 1.00 bits per heavy atom. The van der Waals surface area contributed by atoms with Crippen LogP contribution in [0.3, 0.4) is 0 Å². The first-order chi connectivity index (χ1) is 16.0. The second kappa shape index (κ2) is 12.8. The predicted molar refractivity (Wildman–Crippen MR) is 139 cm³/mol. The molecule has 2 aromatic carbocycles. The minimum atomic E-state index is -0.0455. The molecule has 1 heterocycles. The van der Waals surface area contributed by atoms with Gasteiger partial charge in [-0.3, -0.25) is 4.79 Å². The van der Waals surface area contributed by atoms with Gasteiger partial charge in [-0.05, 0) is 61.7 Å². The summed E-state index contributed by atoms with van der Waals surface area (Å²) in [6, 6.07) is 13.6. The molecule has 3 rings (SSSR count). The fraction of sp³-hybridized carbons (Fsp3) is 0.423. The topological polar surface area (TPSA) is 59.8 Å². The molecule has 33 heavy (non-hydrogen) atoms. The first-order valence-electron chi connectivity index (χ1n) is 11.7. The van der Waals surface area contributed by atoms with Crippen LogP contribution in [0.5, 0.6) is 0 Å². The van der Waals surface area contributed by atoms with Crippen LogP contribution in [-0.2, 0) is 11.3 Å². The van der Waals surface area contributed by atoms with Gasteiger partial charge < -0.3 is 9.88 Å². The first-order valence-corrected chi connectivity index (χ1v) is 13.0. The number of benzene rings is 2. The Bertz CT molecular complexity index is 1050. The molecule has 5 nitrogen and oxygen atoms in total. The zero-order valence-electron chi connectivity index (χ0n) is 19.7. The van der Waals surface area contributed by atoms with Crippen molar-refractivity contribution in [2.75, 3.05) is 11.1 Å². The zero-order valence-corrected chi connectivity index (χ0v) is 21.3. The van der Waals surface area contributed by atoms with Gasteiger partial charge in [-0.1, -0.05) is 74.5 Å². The van der Waals surface area contributed by atoms with Crippen LogP contribution in [0, 0.1) is 13.8 Å². The lowest BCUT2D eigenvalue weighted by Gasteiger charge is -2.12. The summed E-state index contributed by atoms with van der Waals surface area (Å²) in [5.74, 6) is 1.05. The maximum atomic E-state index is 12.6. The number of halogens is 1. The number of unbranched alkanes of at least 4 members (excludes halogenated alkanes) is 5. The van der Waals surface area contributed by atoms with Gasteiger partial charge in [-0.2, -0.15) is 0 Å². The van der Waals surface area contributed by atoms with E-state index in [1.807, 2.05) is 56.3 Å². The summed E-state index contributed by atoms with van der Waals surface area (Å²) >= 11 is 7.49. The largest absolute Gasteiger partial charge is 0.325 e. The molecule has 0 bridgehead atoms. The Balaban J connectivity index is 1.68. The van der Waals surface area contributed by atoms with Crippen molar-refractivity contribution >= 4 is 35.0 Å². The first kappa shape index (κ1) is 25.3. The summed E-state index contributed by atoms with van der Waals surface area (Å²) in [6.07, 6.45) is 7.30. The van der Waals surface area contributed by atoms with E-state index in [1.54, 1.807) is 0 Å². The molecule has 0 aliphatic rings. The second-order valence-electron chi connectivity index (χ2n) is 8.32. The van der Waals surface area contributed by atoms with Crippen LogP contribution >= 0.6 is 23.4 Å². The van der Waals surface area contributed by atoms with Gasteiger partial charge in [0.05, 0.1) is 5.75 Å². The molecule has 0 saturated carbocycles. The quantitative estimate of drug-likeness (QED) is 0.216. The number of carbonyl (C=O) groups is 1. The van der Waals surface area contributed by atoms with Gasteiger partial charge in [0, 0.05) is 22.8 Å². The number of nitrogens with one attached hydrogen (secondary N) is 1. The molecular formula is C26H33ClN4OS. The smallest absolute Gasteiger partial charge is 0.234 e. The Labute approximate surface area is 206 Å². The van der Waals surface area contributed by atoms with Gasteiger partial charge >= 0.3 is 0 Å². The summed E-state index contributed by atoms with van der Waals surface area (Å²) in [5, 5.41) is 13.4. The number of carbonyl (C=O) groups excluding carboxylic acids is 1. The number of thioether (sulfide) groups is 1. The number of aryl methyl sites for hydroxylation is 1. The van der Waals surface area contributed by atoms with E-state index in [0.717, 1.165) is 46.3 Å². The highest BCUT2D eigenvalue weighted by Crippen LogP contribution is 2.26. The number of aromatic nitrogens is 3. The van der Waals surface area contributed by atoms with E-state index in [4.69, 9.17) is 11.6 Å². The van der Waals surface area contributed by atoms with Gasteiger partial charge in [-0.25, -0.2) is 0 Å². The van der Waals surface area contributed by atoms with Crippen molar-refractivity contribution in [1.29, 1.82) is 0 Å². The van der Waals surface area contributed by atoms with E-state index >= 15 is 0 Å². The van der Waals surface area contributed by atoms with E-state index in [-0.39, 0.29) is 11.7 Å². The number of hydrogen-bond donors (Lipinski definition) is 1. The van der Waals surface area contributed by atoms with Crippen LogP contribution < -0.4 is 5.32 Å². The van der Waals surface area contributed by atoms with Crippen molar-refractivity contribution < 1.29 is 4.79 Å². The zero-order chi connectivity index (χ0) is 23.6. The summed E-state index contributed by atoms with van der Waals surface area (Å²) in [4.78, 5) is 12.6. The molecule has 1 aromatic heterocycles. The van der Waals surface area contributed by atoms with Crippen LogP contribution in [0.2, 0.25) is 5.02 Å². The highest BCUT2D eigenvalue weighted by molar-refractivity contribution is 7.99. The van der Waals surface area contributed by atoms with Gasteiger partial charge in [0.2, 0.25) is 5.91 Å². The van der Waals surface area contributed by atoms with Crippen LogP contribution in [-0.4, -0.2) is 26.4 Å². The lowest BCUT2D eigenvalue weighted by molar-refractivity contribution is -0.113. The molecule has 1 amide bonds. The van der Waals surface area contributed by atoms with Gasteiger partial charge in [0.1, 0.15) is 0 Å². The number of rotatable bonds is 12. The molecule has 0 fully saturated rings. The fourth-order valence-electron chi connectivity index (χ4n) is 3.66. The van der Waals surface area contributed by atoms with Crippen molar-refractivity contribution in [3.05, 3.63) is 58.6 Å². The van der Waals surface area contributed by atoms with E-state index in [9.17, 15) is 4.79 Å². The maximum absolute atomic E-state index is 12.6. The molecule has 1 N–H and O–H groups in total. The van der Waals surface area contributed by atoms with Crippen molar-refractivity contribution in [2.24, 2.45) is 0 Å². The predicted octanol–water partition coefficient (Wildman–Crippen LogP) is 7.31. The molecule has 0 spiro atoms.